The Morgan fingerprint density at radius 1 is 1.36 bits per heavy atom. The number of anilines is 1. The van der Waals surface area contributed by atoms with Crippen molar-refractivity contribution in [3.63, 3.8) is 0 Å². The molecule has 1 aliphatic rings. The van der Waals surface area contributed by atoms with Crippen molar-refractivity contribution in [1.82, 2.24) is 10.7 Å². The van der Waals surface area contributed by atoms with Gasteiger partial charge in [-0.1, -0.05) is 19.9 Å². The number of carbonyl (C=O) groups excluding carboxylic acids is 1. The van der Waals surface area contributed by atoms with Crippen molar-refractivity contribution in [3.05, 3.63) is 23.8 Å². The second-order valence-electron chi connectivity index (χ2n) is 6.70. The van der Waals surface area contributed by atoms with Gasteiger partial charge >= 0.3 is 0 Å². The van der Waals surface area contributed by atoms with Gasteiger partial charge in [0, 0.05) is 45.1 Å². The third-order valence-corrected chi connectivity index (χ3v) is 3.87. The highest BCUT2D eigenvalue weighted by Crippen LogP contribution is 2.29. The van der Waals surface area contributed by atoms with Crippen LogP contribution in [0.15, 0.2) is 23.3 Å². The molecule has 1 heterocycles. The molecule has 0 spiro atoms. The largest absolute Gasteiger partial charge is 0.489 e. The minimum Gasteiger partial charge on any atom is -0.489 e. The normalized spacial score (nSPS) is 15.6. The van der Waals surface area contributed by atoms with Crippen LogP contribution in [-0.2, 0) is 4.79 Å². The van der Waals surface area contributed by atoms with E-state index >= 15 is 0 Å². The zero-order valence-corrected chi connectivity index (χ0v) is 15.4. The lowest BCUT2D eigenvalue weighted by Gasteiger charge is -2.21. The Bertz CT molecular complexity index is 629. The van der Waals surface area contributed by atoms with Crippen LogP contribution in [0.2, 0.25) is 0 Å². The molecule has 0 radical (unpaired) electrons. The summed E-state index contributed by atoms with van der Waals surface area (Å²) < 4.78 is 5.87. The lowest BCUT2D eigenvalue weighted by Crippen LogP contribution is -2.35. The Labute approximate surface area is 149 Å². The molecular formula is C18H28N4O3. The van der Waals surface area contributed by atoms with E-state index in [0.29, 0.717) is 31.2 Å². The van der Waals surface area contributed by atoms with E-state index in [1.54, 1.807) is 0 Å². The van der Waals surface area contributed by atoms with E-state index in [4.69, 9.17) is 4.74 Å². The number of nitrogens with zero attached hydrogens (tertiary/aromatic N) is 2. The van der Waals surface area contributed by atoms with Crippen LogP contribution in [0.25, 0.3) is 0 Å². The highest BCUT2D eigenvalue weighted by atomic mass is 16.5. The first-order valence-corrected chi connectivity index (χ1v) is 8.58. The minimum atomic E-state index is -0.590. The second-order valence-corrected chi connectivity index (χ2v) is 6.70. The number of benzene rings is 1. The van der Waals surface area contributed by atoms with E-state index in [0.717, 1.165) is 17.0 Å². The number of nitrogens with one attached hydrogen (secondary N) is 2. The molecule has 7 heteroatoms. The van der Waals surface area contributed by atoms with Crippen molar-refractivity contribution in [3.8, 4) is 5.75 Å². The average Bonchev–Trinajstić information content (AvgIpc) is 2.58. The molecule has 0 aliphatic carbocycles. The highest BCUT2D eigenvalue weighted by molar-refractivity contribution is 6.04. The standard InChI is InChI=1S/C18H28N4O3/c1-12(2)19-10-14(23)11-25-17-9-13(5-7-16(17)22(3)4)15-6-8-18(24)21-20-15/h5,7,9,12,14,19,23H,6,8,10-11H2,1-4H3,(H,21,24). The molecule has 0 bridgehead atoms. The first-order chi connectivity index (χ1) is 11.9. The molecular weight excluding hydrogens is 320 g/mol. The van der Waals surface area contributed by atoms with Gasteiger partial charge in [0.15, 0.2) is 0 Å². The monoisotopic (exact) mass is 348 g/mol. The van der Waals surface area contributed by atoms with E-state index in [2.05, 4.69) is 15.8 Å². The van der Waals surface area contributed by atoms with Crippen LogP contribution in [0.4, 0.5) is 5.69 Å². The van der Waals surface area contributed by atoms with E-state index < -0.39 is 6.10 Å². The number of carbonyl (C=O) groups is 1. The maximum Gasteiger partial charge on any atom is 0.240 e. The van der Waals surface area contributed by atoms with E-state index in [1.165, 1.54) is 0 Å². The molecule has 1 aromatic rings. The quantitative estimate of drug-likeness (QED) is 0.655. The number of aliphatic hydroxyl groups excluding tert-OH is 1. The Morgan fingerprint density at radius 3 is 2.72 bits per heavy atom. The molecule has 25 heavy (non-hydrogen) atoms. The van der Waals surface area contributed by atoms with Gasteiger partial charge < -0.3 is 20.1 Å². The Hall–Kier alpha value is -2.12. The number of hydrogen-bond donors (Lipinski definition) is 3. The smallest absolute Gasteiger partial charge is 0.240 e. The maximum atomic E-state index is 11.3. The number of hydrazone groups is 1. The summed E-state index contributed by atoms with van der Waals surface area (Å²) in [6.45, 7) is 4.75. The van der Waals surface area contributed by atoms with Gasteiger partial charge in [0.05, 0.1) is 11.4 Å². The molecule has 1 amide bonds. The highest BCUT2D eigenvalue weighted by Gasteiger charge is 2.16. The van der Waals surface area contributed by atoms with E-state index in [-0.39, 0.29) is 12.5 Å². The predicted molar refractivity (Wildman–Crippen MR) is 99.3 cm³/mol. The third-order valence-electron chi connectivity index (χ3n) is 3.87. The number of hydrogen-bond acceptors (Lipinski definition) is 6. The summed E-state index contributed by atoms with van der Waals surface area (Å²) in [4.78, 5) is 13.2. The van der Waals surface area contributed by atoms with Gasteiger partial charge in [-0.15, -0.1) is 0 Å². The Kier molecular flexibility index (Phi) is 6.78. The number of rotatable bonds is 8. The van der Waals surface area contributed by atoms with Gasteiger partial charge in [0.2, 0.25) is 5.91 Å². The fourth-order valence-electron chi connectivity index (χ4n) is 2.48. The van der Waals surface area contributed by atoms with Crippen LogP contribution in [-0.4, -0.2) is 56.1 Å². The van der Waals surface area contributed by atoms with Gasteiger partial charge in [-0.2, -0.15) is 5.10 Å². The topological polar surface area (TPSA) is 86.2 Å². The van der Waals surface area contributed by atoms with E-state index in [9.17, 15) is 9.90 Å². The molecule has 1 unspecified atom stereocenters. The molecule has 1 aliphatic heterocycles. The van der Waals surface area contributed by atoms with Crippen molar-refractivity contribution in [2.45, 2.75) is 38.8 Å². The van der Waals surface area contributed by atoms with Crippen molar-refractivity contribution in [2.24, 2.45) is 5.10 Å². The lowest BCUT2D eigenvalue weighted by molar-refractivity contribution is -0.121. The van der Waals surface area contributed by atoms with Crippen molar-refractivity contribution in [2.75, 3.05) is 32.1 Å². The molecule has 7 nitrogen and oxygen atoms in total. The summed E-state index contributed by atoms with van der Waals surface area (Å²) in [6, 6.07) is 6.15. The molecule has 0 saturated carbocycles. The fourth-order valence-corrected chi connectivity index (χ4v) is 2.48. The molecule has 3 N–H and O–H groups in total. The SMILES string of the molecule is CC(C)NCC(O)COc1cc(C2=NNC(=O)CC2)ccc1N(C)C. The molecule has 1 aromatic carbocycles. The summed E-state index contributed by atoms with van der Waals surface area (Å²) in [5.41, 5.74) is 5.18. The first-order valence-electron chi connectivity index (χ1n) is 8.58. The number of ether oxygens (including phenoxy) is 1. The Morgan fingerprint density at radius 2 is 2.12 bits per heavy atom. The summed E-state index contributed by atoms with van der Waals surface area (Å²) in [5.74, 6) is 0.622. The lowest BCUT2D eigenvalue weighted by atomic mass is 10.0. The number of aliphatic hydroxyl groups is 1. The minimum absolute atomic E-state index is 0.0640. The van der Waals surface area contributed by atoms with Crippen molar-refractivity contribution < 1.29 is 14.6 Å². The van der Waals surface area contributed by atoms with Crippen molar-refractivity contribution >= 4 is 17.3 Å². The first kappa shape index (κ1) is 19.2. The van der Waals surface area contributed by atoms with Gasteiger partial charge in [-0.3, -0.25) is 4.79 Å². The van der Waals surface area contributed by atoms with Crippen LogP contribution in [0, 0.1) is 0 Å². The molecule has 0 saturated heterocycles. The molecule has 0 fully saturated rings. The average molecular weight is 348 g/mol. The van der Waals surface area contributed by atoms with Crippen LogP contribution < -0.4 is 20.4 Å². The summed E-state index contributed by atoms with van der Waals surface area (Å²) >= 11 is 0. The molecule has 0 aromatic heterocycles. The summed E-state index contributed by atoms with van der Waals surface area (Å²) in [6.07, 6.45) is 0.449. The zero-order valence-electron chi connectivity index (χ0n) is 15.4. The molecule has 1 atom stereocenters. The summed E-state index contributed by atoms with van der Waals surface area (Å²) in [5, 5.41) is 17.4. The van der Waals surface area contributed by atoms with Crippen LogP contribution >= 0.6 is 0 Å². The van der Waals surface area contributed by atoms with Gasteiger partial charge in [-0.05, 0) is 12.1 Å². The van der Waals surface area contributed by atoms with Crippen LogP contribution in [0.5, 0.6) is 5.75 Å². The predicted octanol–water partition coefficient (Wildman–Crippen LogP) is 1.10. The second kappa shape index (κ2) is 8.82. The fraction of sp³-hybridized carbons (Fsp3) is 0.556. The van der Waals surface area contributed by atoms with E-state index in [1.807, 2.05) is 51.0 Å². The van der Waals surface area contributed by atoms with Crippen LogP contribution in [0.3, 0.4) is 0 Å². The number of amides is 1. The van der Waals surface area contributed by atoms with Crippen molar-refractivity contribution in [1.29, 1.82) is 0 Å². The maximum absolute atomic E-state index is 11.3. The molecule has 2 rings (SSSR count). The Balaban J connectivity index is 2.11. The van der Waals surface area contributed by atoms with Gasteiger partial charge in [0.1, 0.15) is 18.5 Å². The molecule has 138 valence electrons. The van der Waals surface area contributed by atoms with Gasteiger partial charge in [-0.25, -0.2) is 5.43 Å². The van der Waals surface area contributed by atoms with Crippen LogP contribution in [0.1, 0.15) is 32.3 Å². The van der Waals surface area contributed by atoms with Gasteiger partial charge in [0.25, 0.3) is 0 Å². The zero-order chi connectivity index (χ0) is 18.4. The summed E-state index contributed by atoms with van der Waals surface area (Å²) in [7, 11) is 3.88. The third kappa shape index (κ3) is 5.72.